The molecule has 0 aliphatic carbocycles. The maximum Gasteiger partial charge on any atom is 0.330 e. The highest BCUT2D eigenvalue weighted by molar-refractivity contribution is 5.85. The molecule has 0 saturated carbocycles. The van der Waals surface area contributed by atoms with Gasteiger partial charge in [-0.1, -0.05) is 6.08 Å². The van der Waals surface area contributed by atoms with Crippen molar-refractivity contribution in [3.05, 3.63) is 11.6 Å². The van der Waals surface area contributed by atoms with Crippen LogP contribution in [0.2, 0.25) is 0 Å². The Balaban J connectivity index is 3.97. The highest BCUT2D eigenvalue weighted by Crippen LogP contribution is 1.98. The van der Waals surface area contributed by atoms with E-state index >= 15 is 0 Å². The average Bonchev–Trinajstić information content (AvgIpc) is 2.13. The van der Waals surface area contributed by atoms with Crippen molar-refractivity contribution in [3.8, 4) is 6.07 Å². The average molecular weight is 196 g/mol. The van der Waals surface area contributed by atoms with Crippen molar-refractivity contribution in [3.63, 3.8) is 0 Å². The summed E-state index contributed by atoms with van der Waals surface area (Å²) >= 11 is 0. The quantitative estimate of drug-likeness (QED) is 0.669. The van der Waals surface area contributed by atoms with E-state index in [0.717, 1.165) is 0 Å². The lowest BCUT2D eigenvalue weighted by atomic mass is 10.2. The highest BCUT2D eigenvalue weighted by Gasteiger charge is 2.04. The van der Waals surface area contributed by atoms with Gasteiger partial charge in [-0.05, 0) is 20.9 Å². The van der Waals surface area contributed by atoms with E-state index in [1.165, 1.54) is 0 Å². The van der Waals surface area contributed by atoms with Crippen LogP contribution in [0.4, 0.5) is 0 Å². The normalized spacial score (nSPS) is 13.8. The summed E-state index contributed by atoms with van der Waals surface area (Å²) in [6.45, 7) is 4.61. The van der Waals surface area contributed by atoms with Crippen LogP contribution in [-0.2, 0) is 4.79 Å². The molecule has 0 heterocycles. The first-order chi connectivity index (χ1) is 6.47. The van der Waals surface area contributed by atoms with Crippen LogP contribution in [0.5, 0.6) is 0 Å². The Bertz CT molecular complexity index is 266. The van der Waals surface area contributed by atoms with E-state index in [0.29, 0.717) is 18.7 Å². The number of aliphatic carboxylic acids is 1. The maximum absolute atomic E-state index is 10.5. The lowest BCUT2D eigenvalue weighted by Crippen LogP contribution is -2.24. The van der Waals surface area contributed by atoms with Crippen LogP contribution < -0.4 is 0 Å². The number of carbonyl (C=O) groups is 1. The summed E-state index contributed by atoms with van der Waals surface area (Å²) in [6.07, 6.45) is 1.65. The molecule has 0 aromatic carbocycles. The first-order valence-electron chi connectivity index (χ1n) is 4.45. The smallest absolute Gasteiger partial charge is 0.330 e. The summed E-state index contributed by atoms with van der Waals surface area (Å²) in [5.41, 5.74) is 0.335. The summed E-state index contributed by atoms with van der Waals surface area (Å²) in [4.78, 5) is 12.4. The molecule has 0 radical (unpaired) electrons. The van der Waals surface area contributed by atoms with Crippen molar-refractivity contribution in [2.45, 2.75) is 13.8 Å². The van der Waals surface area contributed by atoms with Gasteiger partial charge in [0.1, 0.15) is 0 Å². The maximum atomic E-state index is 10.5. The van der Waals surface area contributed by atoms with Crippen LogP contribution >= 0.6 is 0 Å². The molecule has 0 rings (SSSR count). The molecule has 0 fully saturated rings. The molecule has 0 aromatic rings. The van der Waals surface area contributed by atoms with Gasteiger partial charge in [0.25, 0.3) is 0 Å². The van der Waals surface area contributed by atoms with Gasteiger partial charge in [0.15, 0.2) is 0 Å². The fourth-order valence-electron chi connectivity index (χ4n) is 0.963. The second kappa shape index (κ2) is 6.17. The number of carboxylic acids is 1. The number of nitriles is 1. The molecule has 0 aliphatic heterocycles. The molecule has 1 unspecified atom stereocenters. The van der Waals surface area contributed by atoms with Gasteiger partial charge in [0.2, 0.25) is 0 Å². The first kappa shape index (κ1) is 12.7. The van der Waals surface area contributed by atoms with Crippen LogP contribution in [-0.4, -0.2) is 36.1 Å². The van der Waals surface area contributed by atoms with E-state index in [1.54, 1.807) is 13.0 Å². The molecule has 1 N–H and O–H groups in total. The van der Waals surface area contributed by atoms with Crippen molar-refractivity contribution >= 4 is 5.97 Å². The van der Waals surface area contributed by atoms with Crippen LogP contribution in [0, 0.1) is 17.2 Å². The minimum atomic E-state index is -0.897. The molecule has 14 heavy (non-hydrogen) atoms. The van der Waals surface area contributed by atoms with E-state index in [9.17, 15) is 4.79 Å². The topological polar surface area (TPSA) is 64.3 Å². The van der Waals surface area contributed by atoms with Crippen molar-refractivity contribution < 1.29 is 9.90 Å². The SMILES string of the molecule is CC(=CCN(C)CC(C)C#N)C(=O)O. The minimum Gasteiger partial charge on any atom is -0.478 e. The third kappa shape index (κ3) is 5.33. The van der Waals surface area contributed by atoms with Crippen LogP contribution in [0.1, 0.15) is 13.8 Å². The second-order valence-corrected chi connectivity index (χ2v) is 3.44. The Morgan fingerprint density at radius 1 is 1.71 bits per heavy atom. The molecular formula is C10H16N2O2. The Labute approximate surface area is 84.4 Å². The second-order valence-electron chi connectivity index (χ2n) is 3.44. The fraction of sp³-hybridized carbons (Fsp3) is 0.600. The number of hydrogen-bond acceptors (Lipinski definition) is 3. The predicted molar refractivity (Wildman–Crippen MR) is 53.7 cm³/mol. The monoisotopic (exact) mass is 196 g/mol. The molecule has 4 nitrogen and oxygen atoms in total. The number of nitrogens with zero attached hydrogens (tertiary/aromatic N) is 2. The number of hydrogen-bond donors (Lipinski definition) is 1. The zero-order valence-corrected chi connectivity index (χ0v) is 8.82. The zero-order valence-electron chi connectivity index (χ0n) is 8.82. The molecule has 0 aliphatic rings. The molecular weight excluding hydrogens is 180 g/mol. The lowest BCUT2D eigenvalue weighted by molar-refractivity contribution is -0.132. The summed E-state index contributed by atoms with van der Waals surface area (Å²) in [7, 11) is 1.86. The third-order valence-corrected chi connectivity index (χ3v) is 1.85. The molecule has 0 bridgehead atoms. The van der Waals surface area contributed by atoms with Crippen LogP contribution in [0.3, 0.4) is 0 Å². The molecule has 0 aromatic heterocycles. The Morgan fingerprint density at radius 2 is 2.29 bits per heavy atom. The van der Waals surface area contributed by atoms with Crippen molar-refractivity contribution in [2.75, 3.05) is 20.1 Å². The van der Waals surface area contributed by atoms with E-state index in [2.05, 4.69) is 6.07 Å². The summed E-state index contributed by atoms with van der Waals surface area (Å²) in [6, 6.07) is 2.13. The van der Waals surface area contributed by atoms with Crippen LogP contribution in [0.25, 0.3) is 0 Å². The van der Waals surface area contributed by atoms with E-state index < -0.39 is 5.97 Å². The lowest BCUT2D eigenvalue weighted by Gasteiger charge is -2.15. The molecule has 0 amide bonds. The number of likely N-dealkylation sites (N-methyl/N-ethyl adjacent to an activating group) is 1. The van der Waals surface area contributed by atoms with Gasteiger partial charge in [-0.25, -0.2) is 4.79 Å². The number of carboxylic acid groups (broad SMARTS) is 1. The standard InChI is InChI=1S/C10H16N2O2/c1-8(6-11)7-12(3)5-4-9(2)10(13)14/h4,8H,5,7H2,1-3H3,(H,13,14). The van der Waals surface area contributed by atoms with Crippen LogP contribution in [0.15, 0.2) is 11.6 Å². The van der Waals surface area contributed by atoms with Gasteiger partial charge in [-0.3, -0.25) is 0 Å². The predicted octanol–water partition coefficient (Wildman–Crippen LogP) is 1.11. The molecule has 4 heteroatoms. The molecule has 0 spiro atoms. The Hall–Kier alpha value is -1.34. The van der Waals surface area contributed by atoms with E-state index in [4.69, 9.17) is 10.4 Å². The van der Waals surface area contributed by atoms with Gasteiger partial charge < -0.3 is 10.0 Å². The van der Waals surface area contributed by atoms with Crippen molar-refractivity contribution in [1.82, 2.24) is 4.90 Å². The van der Waals surface area contributed by atoms with Gasteiger partial charge in [-0.15, -0.1) is 0 Å². The van der Waals surface area contributed by atoms with Gasteiger partial charge in [0.05, 0.1) is 12.0 Å². The third-order valence-electron chi connectivity index (χ3n) is 1.85. The zero-order chi connectivity index (χ0) is 11.1. The fourth-order valence-corrected chi connectivity index (χ4v) is 0.963. The largest absolute Gasteiger partial charge is 0.478 e. The molecule has 0 saturated heterocycles. The van der Waals surface area contributed by atoms with Gasteiger partial charge >= 0.3 is 5.97 Å². The highest BCUT2D eigenvalue weighted by atomic mass is 16.4. The van der Waals surface area contributed by atoms with Crippen molar-refractivity contribution in [2.24, 2.45) is 5.92 Å². The van der Waals surface area contributed by atoms with E-state index in [-0.39, 0.29) is 5.92 Å². The summed E-state index contributed by atoms with van der Waals surface area (Å²) in [5.74, 6) is -0.926. The minimum absolute atomic E-state index is 0.0291. The Morgan fingerprint density at radius 3 is 2.71 bits per heavy atom. The molecule has 78 valence electrons. The summed E-state index contributed by atoms with van der Waals surface area (Å²) < 4.78 is 0. The number of rotatable bonds is 5. The molecule has 1 atom stereocenters. The van der Waals surface area contributed by atoms with Gasteiger partial charge in [0, 0.05) is 18.7 Å². The van der Waals surface area contributed by atoms with Gasteiger partial charge in [-0.2, -0.15) is 5.26 Å². The van der Waals surface area contributed by atoms with E-state index in [1.807, 2.05) is 18.9 Å². The Kier molecular flexibility index (Phi) is 5.58. The summed E-state index contributed by atoms with van der Waals surface area (Å²) in [5, 5.41) is 17.1. The first-order valence-corrected chi connectivity index (χ1v) is 4.45. The van der Waals surface area contributed by atoms with Crippen molar-refractivity contribution in [1.29, 1.82) is 5.26 Å².